The molecule has 90 valence electrons. The predicted molar refractivity (Wildman–Crippen MR) is 64.3 cm³/mol. The first-order valence-electron chi connectivity index (χ1n) is 7.00. The summed E-state index contributed by atoms with van der Waals surface area (Å²) in [5.41, 5.74) is 0.626. The molecule has 2 saturated heterocycles. The number of piperidine rings is 1. The van der Waals surface area contributed by atoms with Crippen LogP contribution in [0, 0.1) is 5.41 Å². The minimum absolute atomic E-state index is 0.517. The third-order valence-corrected chi connectivity index (χ3v) is 5.38. The van der Waals surface area contributed by atoms with Crippen LogP contribution in [0.4, 0.5) is 0 Å². The van der Waals surface area contributed by atoms with Crippen LogP contribution in [0.3, 0.4) is 0 Å². The summed E-state index contributed by atoms with van der Waals surface area (Å²) in [6.45, 7) is 3.63. The Balaban J connectivity index is 1.69. The van der Waals surface area contributed by atoms with Gasteiger partial charge >= 0.3 is 0 Å². The van der Waals surface area contributed by atoms with E-state index < -0.39 is 0 Å². The number of fused-ring (bicyclic) bond motifs is 2. The van der Waals surface area contributed by atoms with Gasteiger partial charge < -0.3 is 0 Å². The quantitative estimate of drug-likeness (QED) is 0.730. The summed E-state index contributed by atoms with van der Waals surface area (Å²) in [4.78, 5) is 14.3. The van der Waals surface area contributed by atoms with Crippen molar-refractivity contribution in [2.24, 2.45) is 5.41 Å². The lowest BCUT2D eigenvalue weighted by Crippen LogP contribution is -2.50. The number of carbonyl (C=O) groups is 1. The van der Waals surface area contributed by atoms with Crippen molar-refractivity contribution in [1.29, 1.82) is 0 Å². The highest BCUT2D eigenvalue weighted by molar-refractivity contribution is 5.80. The van der Waals surface area contributed by atoms with Crippen LogP contribution < -0.4 is 0 Å². The van der Waals surface area contributed by atoms with Crippen LogP contribution in [-0.4, -0.2) is 29.3 Å². The lowest BCUT2D eigenvalue weighted by atomic mass is 9.66. The highest BCUT2D eigenvalue weighted by atomic mass is 16.1. The van der Waals surface area contributed by atoms with Gasteiger partial charge in [-0.3, -0.25) is 9.69 Å². The van der Waals surface area contributed by atoms with Crippen LogP contribution in [-0.2, 0) is 4.79 Å². The molecule has 2 atom stereocenters. The van der Waals surface area contributed by atoms with Crippen LogP contribution in [0.1, 0.15) is 58.3 Å². The fraction of sp³-hybridized carbons (Fsp3) is 0.929. The summed E-state index contributed by atoms with van der Waals surface area (Å²) < 4.78 is 0. The second kappa shape index (κ2) is 3.83. The largest absolute Gasteiger partial charge is 0.300 e. The van der Waals surface area contributed by atoms with E-state index in [4.69, 9.17) is 0 Å². The van der Waals surface area contributed by atoms with Gasteiger partial charge in [-0.15, -0.1) is 0 Å². The van der Waals surface area contributed by atoms with Gasteiger partial charge in [0.2, 0.25) is 0 Å². The predicted octanol–water partition coefficient (Wildman–Crippen LogP) is 2.76. The molecule has 2 heterocycles. The third-order valence-electron chi connectivity index (χ3n) is 5.38. The fourth-order valence-corrected chi connectivity index (χ4v) is 4.01. The van der Waals surface area contributed by atoms with Gasteiger partial charge in [0.1, 0.15) is 5.78 Å². The van der Waals surface area contributed by atoms with E-state index >= 15 is 0 Å². The molecule has 0 radical (unpaired) electrons. The minimum Gasteiger partial charge on any atom is -0.300 e. The zero-order valence-corrected chi connectivity index (χ0v) is 10.4. The normalized spacial score (nSPS) is 37.4. The van der Waals surface area contributed by atoms with Gasteiger partial charge in [0.25, 0.3) is 0 Å². The van der Waals surface area contributed by atoms with Gasteiger partial charge in [-0.1, -0.05) is 13.3 Å². The Morgan fingerprint density at radius 2 is 1.88 bits per heavy atom. The molecule has 3 aliphatic rings. The topological polar surface area (TPSA) is 20.3 Å². The first-order valence-corrected chi connectivity index (χ1v) is 7.00. The molecule has 3 rings (SSSR count). The number of carbonyl (C=O) groups excluding carboxylic acids is 1. The third kappa shape index (κ3) is 1.62. The molecule has 0 amide bonds. The smallest absolute Gasteiger partial charge is 0.136 e. The van der Waals surface area contributed by atoms with Crippen molar-refractivity contribution in [2.45, 2.75) is 70.4 Å². The molecule has 16 heavy (non-hydrogen) atoms. The average Bonchev–Trinajstić information content (AvgIpc) is 2.45. The molecule has 0 aromatic carbocycles. The van der Waals surface area contributed by atoms with Crippen LogP contribution in [0.25, 0.3) is 0 Å². The van der Waals surface area contributed by atoms with Gasteiger partial charge in [0.05, 0.1) is 0 Å². The highest BCUT2D eigenvalue weighted by Gasteiger charge is 2.45. The molecular weight excluding hydrogens is 198 g/mol. The Labute approximate surface area is 98.4 Å². The number of ketones is 1. The minimum atomic E-state index is 0.517. The molecule has 0 aromatic rings. The molecule has 1 aliphatic carbocycles. The summed E-state index contributed by atoms with van der Waals surface area (Å²) in [6.07, 6.45) is 9.84. The van der Waals surface area contributed by atoms with E-state index in [-0.39, 0.29) is 0 Å². The molecule has 1 saturated carbocycles. The Kier molecular flexibility index (Phi) is 2.58. The van der Waals surface area contributed by atoms with E-state index in [1.165, 1.54) is 45.1 Å². The monoisotopic (exact) mass is 221 g/mol. The van der Waals surface area contributed by atoms with Crippen molar-refractivity contribution in [3.05, 3.63) is 0 Å². The number of Topliss-reactive ketones (excluding diaryl/α,β-unsaturated/α-hetero) is 1. The molecule has 0 N–H and O–H groups in total. The standard InChI is InChI=1S/C14H23NO/c1-2-14(6-3-7-14)10-15-11-4-5-12(15)9-13(16)8-11/h11-12H,2-10H2,1H3. The zero-order valence-electron chi connectivity index (χ0n) is 10.4. The zero-order chi connectivity index (χ0) is 11.2. The van der Waals surface area contributed by atoms with E-state index in [0.29, 0.717) is 23.3 Å². The van der Waals surface area contributed by atoms with E-state index in [1.807, 2.05) is 0 Å². The van der Waals surface area contributed by atoms with E-state index in [2.05, 4.69) is 11.8 Å². The molecule has 2 nitrogen and oxygen atoms in total. The first kappa shape index (κ1) is 10.8. The molecule has 2 bridgehead atoms. The molecule has 3 fully saturated rings. The Bertz CT molecular complexity index is 274. The van der Waals surface area contributed by atoms with Crippen molar-refractivity contribution >= 4 is 5.78 Å². The molecule has 2 aliphatic heterocycles. The van der Waals surface area contributed by atoms with Gasteiger partial charge in [-0.05, 0) is 37.5 Å². The van der Waals surface area contributed by atoms with Crippen molar-refractivity contribution in [1.82, 2.24) is 4.90 Å². The van der Waals surface area contributed by atoms with Gasteiger partial charge in [-0.25, -0.2) is 0 Å². The highest BCUT2D eigenvalue weighted by Crippen LogP contribution is 2.47. The molecule has 2 unspecified atom stereocenters. The Morgan fingerprint density at radius 1 is 1.25 bits per heavy atom. The summed E-state index contributed by atoms with van der Waals surface area (Å²) in [7, 11) is 0. The lowest BCUT2D eigenvalue weighted by Gasteiger charge is -2.47. The maximum atomic E-state index is 11.6. The van der Waals surface area contributed by atoms with Crippen LogP contribution in [0.2, 0.25) is 0 Å². The summed E-state index contributed by atoms with van der Waals surface area (Å²) >= 11 is 0. The summed E-state index contributed by atoms with van der Waals surface area (Å²) in [5, 5.41) is 0. The fourth-order valence-electron chi connectivity index (χ4n) is 4.01. The summed E-state index contributed by atoms with van der Waals surface area (Å²) in [6, 6.07) is 1.21. The second-order valence-electron chi connectivity index (χ2n) is 6.21. The molecule has 0 spiro atoms. The average molecular weight is 221 g/mol. The van der Waals surface area contributed by atoms with Crippen LogP contribution >= 0.6 is 0 Å². The van der Waals surface area contributed by atoms with Gasteiger partial charge in [-0.2, -0.15) is 0 Å². The maximum absolute atomic E-state index is 11.6. The lowest BCUT2D eigenvalue weighted by molar-refractivity contribution is -0.124. The SMILES string of the molecule is CCC1(CN2C3CCC2CC(=O)C3)CCC1. The van der Waals surface area contributed by atoms with Gasteiger partial charge in [0, 0.05) is 31.5 Å². The van der Waals surface area contributed by atoms with Crippen molar-refractivity contribution in [3.63, 3.8) is 0 Å². The van der Waals surface area contributed by atoms with Crippen LogP contribution in [0.15, 0.2) is 0 Å². The van der Waals surface area contributed by atoms with Gasteiger partial charge in [0.15, 0.2) is 0 Å². The Morgan fingerprint density at radius 3 is 2.31 bits per heavy atom. The van der Waals surface area contributed by atoms with E-state index in [0.717, 1.165) is 12.8 Å². The van der Waals surface area contributed by atoms with Crippen molar-refractivity contribution in [3.8, 4) is 0 Å². The molecular formula is C14H23NO. The molecule has 2 heteroatoms. The first-order chi connectivity index (χ1) is 7.72. The number of rotatable bonds is 3. The number of hydrogen-bond acceptors (Lipinski definition) is 2. The second-order valence-corrected chi connectivity index (χ2v) is 6.21. The summed E-state index contributed by atoms with van der Waals surface area (Å²) in [5.74, 6) is 0.517. The number of nitrogens with zero attached hydrogens (tertiary/aromatic N) is 1. The van der Waals surface area contributed by atoms with E-state index in [1.54, 1.807) is 0 Å². The van der Waals surface area contributed by atoms with Crippen LogP contribution in [0.5, 0.6) is 0 Å². The van der Waals surface area contributed by atoms with Crippen molar-refractivity contribution in [2.75, 3.05) is 6.54 Å². The Hall–Kier alpha value is -0.370. The van der Waals surface area contributed by atoms with Crippen molar-refractivity contribution < 1.29 is 4.79 Å². The maximum Gasteiger partial charge on any atom is 0.136 e. The molecule has 0 aromatic heterocycles. The van der Waals surface area contributed by atoms with E-state index in [9.17, 15) is 4.79 Å². The number of hydrogen-bond donors (Lipinski definition) is 0.